The van der Waals surface area contributed by atoms with E-state index in [0.29, 0.717) is 5.56 Å². The van der Waals surface area contributed by atoms with Crippen molar-refractivity contribution >= 4 is 27.5 Å². The summed E-state index contributed by atoms with van der Waals surface area (Å²) in [5, 5.41) is 2.98. The van der Waals surface area contributed by atoms with Crippen molar-refractivity contribution in [3.63, 3.8) is 0 Å². The number of amides is 1. The van der Waals surface area contributed by atoms with Crippen LogP contribution in [0.4, 0.5) is 5.69 Å². The average molecular weight is 359 g/mol. The van der Waals surface area contributed by atoms with E-state index >= 15 is 0 Å². The summed E-state index contributed by atoms with van der Waals surface area (Å²) in [5.74, 6) is -0.0919. The number of anilines is 1. The van der Waals surface area contributed by atoms with Gasteiger partial charge in [-0.25, -0.2) is 0 Å². The van der Waals surface area contributed by atoms with E-state index in [2.05, 4.69) is 38.3 Å². The number of halogens is 1. The predicted molar refractivity (Wildman–Crippen MR) is 93.0 cm³/mol. The minimum atomic E-state index is -0.0919. The molecule has 2 aromatic carbocycles. The Kier molecular flexibility index (Phi) is 4.90. The van der Waals surface area contributed by atoms with Crippen molar-refractivity contribution in [2.75, 3.05) is 18.4 Å². The maximum atomic E-state index is 12.3. The predicted octanol–water partition coefficient (Wildman–Crippen LogP) is 4.30. The number of likely N-dealkylation sites (tertiary alicyclic amines) is 1. The van der Waals surface area contributed by atoms with Crippen LogP contribution in [0.15, 0.2) is 53.0 Å². The monoisotopic (exact) mass is 358 g/mol. The molecule has 0 aromatic heterocycles. The van der Waals surface area contributed by atoms with Gasteiger partial charge in [-0.3, -0.25) is 9.69 Å². The Balaban J connectivity index is 1.69. The third kappa shape index (κ3) is 3.76. The van der Waals surface area contributed by atoms with Crippen molar-refractivity contribution in [2.24, 2.45) is 0 Å². The fourth-order valence-corrected chi connectivity index (χ4v) is 3.25. The van der Waals surface area contributed by atoms with Gasteiger partial charge in [0.15, 0.2) is 0 Å². The van der Waals surface area contributed by atoms with Crippen LogP contribution in [0, 0.1) is 0 Å². The first-order valence-corrected chi connectivity index (χ1v) is 8.39. The molecule has 0 atom stereocenters. The van der Waals surface area contributed by atoms with E-state index in [4.69, 9.17) is 0 Å². The second kappa shape index (κ2) is 7.07. The van der Waals surface area contributed by atoms with Gasteiger partial charge in [-0.1, -0.05) is 24.3 Å². The van der Waals surface area contributed by atoms with Crippen molar-refractivity contribution in [1.82, 2.24) is 4.90 Å². The van der Waals surface area contributed by atoms with E-state index in [0.717, 1.165) is 16.7 Å². The smallest absolute Gasteiger partial charge is 0.256 e. The van der Waals surface area contributed by atoms with Gasteiger partial charge in [-0.05, 0) is 71.7 Å². The minimum absolute atomic E-state index is 0.0919. The van der Waals surface area contributed by atoms with Crippen LogP contribution in [0.5, 0.6) is 0 Å². The largest absolute Gasteiger partial charge is 0.322 e. The Hall–Kier alpha value is -1.65. The topological polar surface area (TPSA) is 32.3 Å². The molecule has 1 saturated heterocycles. The molecule has 0 spiro atoms. The first-order chi connectivity index (χ1) is 10.7. The molecule has 4 heteroatoms. The Bertz CT molecular complexity index is 666. The van der Waals surface area contributed by atoms with Crippen LogP contribution in [-0.4, -0.2) is 23.9 Å². The number of carbonyl (C=O) groups excluding carboxylic acids is 1. The molecule has 0 saturated carbocycles. The third-order valence-electron chi connectivity index (χ3n) is 3.91. The second-order valence-corrected chi connectivity index (χ2v) is 6.47. The summed E-state index contributed by atoms with van der Waals surface area (Å²) in [6.45, 7) is 3.31. The zero-order valence-electron chi connectivity index (χ0n) is 12.4. The number of rotatable bonds is 4. The fourth-order valence-electron chi connectivity index (χ4n) is 2.79. The maximum absolute atomic E-state index is 12.3. The Morgan fingerprint density at radius 3 is 2.64 bits per heavy atom. The Morgan fingerprint density at radius 1 is 1.09 bits per heavy atom. The average Bonchev–Trinajstić information content (AvgIpc) is 3.01. The number of hydrogen-bond donors (Lipinski definition) is 1. The molecule has 0 radical (unpaired) electrons. The molecule has 3 rings (SSSR count). The van der Waals surface area contributed by atoms with Crippen molar-refractivity contribution in [3.05, 3.63) is 64.1 Å². The molecule has 3 nitrogen and oxygen atoms in total. The molecule has 1 amide bonds. The van der Waals surface area contributed by atoms with Gasteiger partial charge < -0.3 is 5.32 Å². The van der Waals surface area contributed by atoms with Crippen LogP contribution in [0.2, 0.25) is 0 Å². The number of nitrogens with one attached hydrogen (secondary N) is 1. The molecular weight excluding hydrogens is 340 g/mol. The molecule has 1 aliphatic heterocycles. The van der Waals surface area contributed by atoms with Gasteiger partial charge in [0.1, 0.15) is 0 Å². The number of carbonyl (C=O) groups is 1. The van der Waals surface area contributed by atoms with Crippen LogP contribution in [0.1, 0.15) is 28.8 Å². The number of hydrogen-bond acceptors (Lipinski definition) is 2. The van der Waals surface area contributed by atoms with Gasteiger partial charge in [0.05, 0.1) is 5.56 Å². The second-order valence-electron chi connectivity index (χ2n) is 5.62. The molecule has 2 aromatic rings. The SMILES string of the molecule is O=C(Nc1cccc(CN2CCCC2)c1)c1ccccc1Br. The van der Waals surface area contributed by atoms with Crippen molar-refractivity contribution in [2.45, 2.75) is 19.4 Å². The quantitative estimate of drug-likeness (QED) is 0.883. The molecular formula is C18H19BrN2O. The summed E-state index contributed by atoms with van der Waals surface area (Å²) in [4.78, 5) is 14.8. The van der Waals surface area contributed by atoms with E-state index < -0.39 is 0 Å². The Labute approximate surface area is 139 Å². The lowest BCUT2D eigenvalue weighted by Crippen LogP contribution is -2.18. The molecule has 0 unspecified atom stereocenters. The van der Waals surface area contributed by atoms with Gasteiger partial charge in [0.25, 0.3) is 5.91 Å². The normalized spacial score (nSPS) is 15.0. The molecule has 1 fully saturated rings. The molecule has 1 aliphatic rings. The summed E-state index contributed by atoms with van der Waals surface area (Å²) >= 11 is 3.42. The first kappa shape index (κ1) is 15.3. The lowest BCUT2D eigenvalue weighted by molar-refractivity contribution is 0.102. The Morgan fingerprint density at radius 2 is 1.86 bits per heavy atom. The van der Waals surface area contributed by atoms with Crippen molar-refractivity contribution < 1.29 is 4.79 Å². The number of nitrogens with zero attached hydrogens (tertiary/aromatic N) is 1. The fraction of sp³-hybridized carbons (Fsp3) is 0.278. The molecule has 22 heavy (non-hydrogen) atoms. The van der Waals surface area contributed by atoms with Gasteiger partial charge >= 0.3 is 0 Å². The van der Waals surface area contributed by atoms with Crippen LogP contribution >= 0.6 is 15.9 Å². The summed E-state index contributed by atoms with van der Waals surface area (Å²) in [5.41, 5.74) is 2.73. The van der Waals surface area contributed by atoms with E-state index in [9.17, 15) is 4.79 Å². The van der Waals surface area contributed by atoms with Crippen LogP contribution in [0.25, 0.3) is 0 Å². The van der Waals surface area contributed by atoms with E-state index in [1.54, 1.807) is 0 Å². The van der Waals surface area contributed by atoms with Crippen LogP contribution < -0.4 is 5.32 Å². The molecule has 1 heterocycles. The molecule has 0 aliphatic carbocycles. The highest BCUT2D eigenvalue weighted by atomic mass is 79.9. The van der Waals surface area contributed by atoms with E-state index in [1.807, 2.05) is 36.4 Å². The molecule has 1 N–H and O–H groups in total. The highest BCUT2D eigenvalue weighted by Gasteiger charge is 2.13. The third-order valence-corrected chi connectivity index (χ3v) is 4.60. The first-order valence-electron chi connectivity index (χ1n) is 7.59. The zero-order chi connectivity index (χ0) is 15.4. The summed E-state index contributed by atoms with van der Waals surface area (Å²) < 4.78 is 0.806. The highest BCUT2D eigenvalue weighted by Crippen LogP contribution is 2.19. The minimum Gasteiger partial charge on any atom is -0.322 e. The molecule has 114 valence electrons. The van der Waals surface area contributed by atoms with E-state index in [-0.39, 0.29) is 5.91 Å². The summed E-state index contributed by atoms with van der Waals surface area (Å²) in [7, 11) is 0. The van der Waals surface area contributed by atoms with E-state index in [1.165, 1.54) is 31.5 Å². The van der Waals surface area contributed by atoms with Gasteiger partial charge in [-0.15, -0.1) is 0 Å². The summed E-state index contributed by atoms with van der Waals surface area (Å²) in [6, 6.07) is 15.6. The molecule has 0 bridgehead atoms. The van der Waals surface area contributed by atoms with Crippen molar-refractivity contribution in [3.8, 4) is 0 Å². The van der Waals surface area contributed by atoms with Crippen LogP contribution in [0.3, 0.4) is 0 Å². The lowest BCUT2D eigenvalue weighted by Gasteiger charge is -2.15. The van der Waals surface area contributed by atoms with Gasteiger partial charge in [0.2, 0.25) is 0 Å². The van der Waals surface area contributed by atoms with Crippen molar-refractivity contribution in [1.29, 1.82) is 0 Å². The maximum Gasteiger partial charge on any atom is 0.256 e. The van der Waals surface area contributed by atoms with Crippen LogP contribution in [-0.2, 0) is 6.54 Å². The zero-order valence-corrected chi connectivity index (χ0v) is 14.0. The summed E-state index contributed by atoms with van der Waals surface area (Å²) in [6.07, 6.45) is 2.58. The standard InChI is InChI=1S/C18H19BrN2O/c19-17-9-2-1-8-16(17)18(22)20-15-7-5-6-14(12-15)13-21-10-3-4-11-21/h1-2,5-9,12H,3-4,10-11,13H2,(H,20,22). The van der Waals surface area contributed by atoms with Gasteiger partial charge in [-0.2, -0.15) is 0 Å². The number of benzene rings is 2. The lowest BCUT2D eigenvalue weighted by atomic mass is 10.1. The highest BCUT2D eigenvalue weighted by molar-refractivity contribution is 9.10. The van der Waals surface area contributed by atoms with Gasteiger partial charge in [0, 0.05) is 16.7 Å².